The molecular weight excluding hydrogens is 1110 g/mol. The molecule has 0 spiro atoms. The molecule has 0 bridgehead atoms. The minimum atomic E-state index is -1.98. The summed E-state index contributed by atoms with van der Waals surface area (Å²) in [7, 11) is 0. The van der Waals surface area contributed by atoms with E-state index in [4.69, 9.17) is 28.4 Å². The van der Waals surface area contributed by atoms with Gasteiger partial charge in [0.1, 0.15) is 73.2 Å². The van der Waals surface area contributed by atoms with Gasteiger partial charge in [0.25, 0.3) is 0 Å². The fourth-order valence-corrected chi connectivity index (χ4v) is 12.1. The minimum absolute atomic E-state index is 0.250. The molecule has 17 atom stereocenters. The Hall–Kier alpha value is -1.47. The number of rotatable bonds is 54. The Labute approximate surface area is 518 Å². The van der Waals surface area contributed by atoms with Crippen LogP contribution in [0.1, 0.15) is 277 Å². The van der Waals surface area contributed by atoms with Gasteiger partial charge in [-0.2, -0.15) is 0 Å². The van der Waals surface area contributed by atoms with Crippen molar-refractivity contribution in [3.63, 3.8) is 0 Å². The molecule has 17 unspecified atom stereocenters. The van der Waals surface area contributed by atoms with Crippen LogP contribution in [0, 0.1) is 0 Å². The quantitative estimate of drug-likeness (QED) is 0.0200. The Morgan fingerprint density at radius 3 is 1.09 bits per heavy atom. The van der Waals surface area contributed by atoms with Crippen LogP contribution in [-0.2, 0) is 33.2 Å². The number of aliphatic hydroxyl groups excluding tert-OH is 11. The fourth-order valence-electron chi connectivity index (χ4n) is 12.1. The lowest BCUT2D eigenvalue weighted by molar-refractivity contribution is -0.379. The van der Waals surface area contributed by atoms with E-state index in [1.807, 2.05) is 6.08 Å². The minimum Gasteiger partial charge on any atom is -0.394 e. The van der Waals surface area contributed by atoms with E-state index in [2.05, 4.69) is 19.2 Å². The molecule has 12 N–H and O–H groups in total. The summed E-state index contributed by atoms with van der Waals surface area (Å²) in [6.07, 6.45) is 27.7. The molecule has 3 aliphatic heterocycles. The summed E-state index contributed by atoms with van der Waals surface area (Å²) in [5.41, 5.74) is 0. The lowest BCUT2D eigenvalue weighted by Crippen LogP contribution is -2.66. The van der Waals surface area contributed by atoms with Crippen LogP contribution in [0.15, 0.2) is 12.2 Å². The highest BCUT2D eigenvalue weighted by Crippen LogP contribution is 2.33. The van der Waals surface area contributed by atoms with Gasteiger partial charge in [0.05, 0.1) is 38.6 Å². The van der Waals surface area contributed by atoms with Crippen molar-refractivity contribution in [3.8, 4) is 0 Å². The van der Waals surface area contributed by atoms with E-state index in [0.717, 1.165) is 44.9 Å². The zero-order valence-electron chi connectivity index (χ0n) is 53.6. The van der Waals surface area contributed by atoms with Gasteiger partial charge >= 0.3 is 0 Å². The molecule has 508 valence electrons. The molecule has 0 aromatic rings. The zero-order valence-corrected chi connectivity index (χ0v) is 53.6. The number of hydrogen-bond acceptors (Lipinski definition) is 18. The van der Waals surface area contributed by atoms with Gasteiger partial charge in [0.2, 0.25) is 5.91 Å². The zero-order chi connectivity index (χ0) is 62.6. The molecule has 3 saturated heterocycles. The molecule has 0 aromatic heterocycles. The van der Waals surface area contributed by atoms with E-state index < -0.39 is 124 Å². The maximum absolute atomic E-state index is 13.4. The SMILES string of the molecule is CCCCCCCCCCCCCCC/C=C/C(O)C(COC1OC(CO)C(OC2OC(CO)C(OC3OC(CO)C(O)C(O)C3O)C(O)C2O)C(O)C1O)NC(=O)CCCCCCCCCCCCCCCCCCCCCCCCCCCC. The van der Waals surface area contributed by atoms with Crippen LogP contribution < -0.4 is 5.32 Å². The highest BCUT2D eigenvalue weighted by molar-refractivity contribution is 5.76. The topological polar surface area (TPSA) is 307 Å². The molecule has 3 aliphatic rings. The Kier molecular flexibility index (Phi) is 45.9. The Morgan fingerprint density at radius 1 is 0.407 bits per heavy atom. The summed E-state index contributed by atoms with van der Waals surface area (Å²) < 4.78 is 34.3. The number of carbonyl (C=O) groups is 1. The first-order chi connectivity index (χ1) is 41.8. The second-order valence-corrected chi connectivity index (χ2v) is 25.4. The number of nitrogens with one attached hydrogen (secondary N) is 1. The first-order valence-electron chi connectivity index (χ1n) is 34.9. The summed E-state index contributed by atoms with van der Waals surface area (Å²) in [5.74, 6) is -0.269. The second-order valence-electron chi connectivity index (χ2n) is 25.4. The monoisotopic (exact) mass is 1230 g/mol. The van der Waals surface area contributed by atoms with Crippen molar-refractivity contribution in [2.75, 3.05) is 26.4 Å². The highest BCUT2D eigenvalue weighted by Gasteiger charge is 2.53. The van der Waals surface area contributed by atoms with Crippen molar-refractivity contribution in [2.24, 2.45) is 0 Å². The largest absolute Gasteiger partial charge is 0.394 e. The van der Waals surface area contributed by atoms with E-state index in [1.54, 1.807) is 6.08 Å². The van der Waals surface area contributed by atoms with Crippen molar-refractivity contribution in [1.82, 2.24) is 5.32 Å². The lowest BCUT2D eigenvalue weighted by atomic mass is 9.96. The van der Waals surface area contributed by atoms with Gasteiger partial charge in [-0.05, 0) is 19.3 Å². The van der Waals surface area contributed by atoms with Gasteiger partial charge in [-0.15, -0.1) is 0 Å². The third kappa shape index (κ3) is 32.2. The van der Waals surface area contributed by atoms with E-state index in [1.165, 1.54) is 205 Å². The summed E-state index contributed by atoms with van der Waals surface area (Å²) >= 11 is 0. The van der Waals surface area contributed by atoms with Crippen LogP contribution in [-0.4, -0.2) is 193 Å². The number of carbonyl (C=O) groups excluding carboxylic acids is 1. The Balaban J connectivity index is 1.41. The van der Waals surface area contributed by atoms with E-state index >= 15 is 0 Å². The third-order valence-corrected chi connectivity index (χ3v) is 17.8. The van der Waals surface area contributed by atoms with E-state index in [0.29, 0.717) is 6.42 Å². The first-order valence-corrected chi connectivity index (χ1v) is 34.9. The molecule has 0 aromatic carbocycles. The molecule has 1 amide bonds. The van der Waals surface area contributed by atoms with Crippen LogP contribution in [0.5, 0.6) is 0 Å². The predicted molar refractivity (Wildman–Crippen MR) is 333 cm³/mol. The molecule has 19 heteroatoms. The molecule has 0 aliphatic carbocycles. The Morgan fingerprint density at radius 2 is 0.721 bits per heavy atom. The standard InChI is InChI=1S/C67H127NO18/c1-3-5-7-9-11-13-15-17-19-20-21-22-23-24-25-26-27-28-29-31-33-35-37-39-41-43-45-55(73)68-50(51(72)44-42-40-38-36-34-32-30-18-16-14-12-10-8-6-4-2)49-81-65-61(79)58(76)63(53(47-70)83-65)86-67-62(80)59(77)64(54(48-71)84-67)85-66-60(78)57(75)56(74)52(46-69)82-66/h42,44,50-54,56-67,69-72,74-80H,3-41,43,45-49H2,1-2H3,(H,68,73)/b44-42+. The molecule has 3 rings (SSSR count). The van der Waals surface area contributed by atoms with Gasteiger partial charge in [0, 0.05) is 6.42 Å². The molecule has 0 radical (unpaired) electrons. The number of ether oxygens (including phenoxy) is 6. The van der Waals surface area contributed by atoms with Crippen LogP contribution in [0.3, 0.4) is 0 Å². The molecule has 3 fully saturated rings. The fraction of sp³-hybridized carbons (Fsp3) is 0.955. The maximum atomic E-state index is 13.4. The van der Waals surface area contributed by atoms with Crippen LogP contribution in [0.2, 0.25) is 0 Å². The van der Waals surface area contributed by atoms with Gasteiger partial charge in [0.15, 0.2) is 18.9 Å². The van der Waals surface area contributed by atoms with Gasteiger partial charge in [-0.1, -0.05) is 264 Å². The number of amides is 1. The molecular formula is C67H127NO18. The summed E-state index contributed by atoms with van der Waals surface area (Å²) in [6.45, 7) is 1.76. The number of allylic oxidation sites excluding steroid dienone is 1. The van der Waals surface area contributed by atoms with Gasteiger partial charge in [-0.3, -0.25) is 4.79 Å². The van der Waals surface area contributed by atoms with Gasteiger partial charge < -0.3 is 89.9 Å². The normalized spacial score (nSPS) is 28.8. The van der Waals surface area contributed by atoms with Crippen molar-refractivity contribution < 1.29 is 89.4 Å². The Bertz CT molecular complexity index is 1620. The number of hydrogen-bond donors (Lipinski definition) is 12. The highest BCUT2D eigenvalue weighted by atomic mass is 16.8. The predicted octanol–water partition coefficient (Wildman–Crippen LogP) is 8.89. The number of unbranched alkanes of at least 4 members (excludes halogenated alkanes) is 38. The van der Waals surface area contributed by atoms with Crippen molar-refractivity contribution in [1.29, 1.82) is 0 Å². The summed E-state index contributed by atoms with van der Waals surface area (Å²) in [6, 6.07) is -0.968. The van der Waals surface area contributed by atoms with E-state index in [9.17, 15) is 61.0 Å². The van der Waals surface area contributed by atoms with Gasteiger partial charge in [-0.25, -0.2) is 0 Å². The van der Waals surface area contributed by atoms with Crippen LogP contribution >= 0.6 is 0 Å². The van der Waals surface area contributed by atoms with Crippen LogP contribution in [0.4, 0.5) is 0 Å². The summed E-state index contributed by atoms with van der Waals surface area (Å²) in [5, 5.41) is 120. The van der Waals surface area contributed by atoms with E-state index in [-0.39, 0.29) is 18.9 Å². The molecule has 3 heterocycles. The first kappa shape index (κ1) is 78.8. The molecule has 0 saturated carbocycles. The van der Waals surface area contributed by atoms with Crippen molar-refractivity contribution in [3.05, 3.63) is 12.2 Å². The third-order valence-electron chi connectivity index (χ3n) is 17.8. The summed E-state index contributed by atoms with van der Waals surface area (Å²) in [4.78, 5) is 13.4. The number of aliphatic hydroxyl groups is 11. The molecule has 86 heavy (non-hydrogen) atoms. The van der Waals surface area contributed by atoms with Crippen LogP contribution in [0.25, 0.3) is 0 Å². The lowest BCUT2D eigenvalue weighted by Gasteiger charge is -2.48. The average Bonchev–Trinajstić information content (AvgIpc) is 2.48. The maximum Gasteiger partial charge on any atom is 0.220 e. The molecule has 19 nitrogen and oxygen atoms in total. The van der Waals surface area contributed by atoms with Crippen molar-refractivity contribution in [2.45, 2.75) is 381 Å². The smallest absolute Gasteiger partial charge is 0.220 e. The second kappa shape index (κ2) is 50.1. The van der Waals surface area contributed by atoms with Crippen molar-refractivity contribution >= 4 is 5.91 Å². The average molecular weight is 1230 g/mol.